The van der Waals surface area contributed by atoms with Gasteiger partial charge in [-0.05, 0) is 6.42 Å². The minimum atomic E-state index is -0.980. The molecular formula is C6H10BO5P. The van der Waals surface area contributed by atoms with Crippen LogP contribution in [0.15, 0.2) is 0 Å². The number of hydrogen-bond donors (Lipinski definition) is 1. The standard InChI is InChI=1S/C6H10BO5P/c1-7-4-2-3(8)5(11-4)6(9)12-13-10/h3-5,7-8H,2H2,1H3/t3?,4-,5+/m1/s1. The van der Waals surface area contributed by atoms with Crippen molar-refractivity contribution in [3.8, 4) is 0 Å². The lowest BCUT2D eigenvalue weighted by Gasteiger charge is -2.09. The molecule has 1 heterocycles. The van der Waals surface area contributed by atoms with Gasteiger partial charge in [0.15, 0.2) is 13.4 Å². The van der Waals surface area contributed by atoms with Crippen molar-refractivity contribution in [3.05, 3.63) is 0 Å². The molecule has 3 atom stereocenters. The van der Waals surface area contributed by atoms with Crippen LogP contribution in [0.1, 0.15) is 6.42 Å². The summed E-state index contributed by atoms with van der Waals surface area (Å²) in [7, 11) is 0.0188. The number of hydrogen-bond acceptors (Lipinski definition) is 5. The molecule has 7 heteroatoms. The highest BCUT2D eigenvalue weighted by atomic mass is 31.1. The Labute approximate surface area is 77.9 Å². The van der Waals surface area contributed by atoms with E-state index in [0.717, 1.165) is 7.28 Å². The van der Waals surface area contributed by atoms with Crippen molar-refractivity contribution in [1.29, 1.82) is 0 Å². The molecule has 5 nitrogen and oxygen atoms in total. The van der Waals surface area contributed by atoms with E-state index in [1.54, 1.807) is 0 Å². The van der Waals surface area contributed by atoms with Gasteiger partial charge in [0.2, 0.25) is 0 Å². The van der Waals surface area contributed by atoms with Crippen molar-refractivity contribution in [2.75, 3.05) is 0 Å². The minimum absolute atomic E-state index is 0.115. The van der Waals surface area contributed by atoms with E-state index in [1.165, 1.54) is 0 Å². The van der Waals surface area contributed by atoms with E-state index in [0.29, 0.717) is 6.42 Å². The molecule has 1 fully saturated rings. The van der Waals surface area contributed by atoms with Crippen LogP contribution in [-0.2, 0) is 18.6 Å². The molecule has 0 aliphatic carbocycles. The highest BCUT2D eigenvalue weighted by Crippen LogP contribution is 2.21. The lowest BCUT2D eigenvalue weighted by molar-refractivity contribution is -0.148. The largest absolute Gasteiger partial charge is 0.398 e. The fourth-order valence-corrected chi connectivity index (χ4v) is 1.49. The average Bonchev–Trinajstić information content (AvgIpc) is 2.47. The summed E-state index contributed by atoms with van der Waals surface area (Å²) in [6.07, 6.45) is -1.41. The van der Waals surface area contributed by atoms with Gasteiger partial charge in [0.1, 0.15) is 0 Å². The van der Waals surface area contributed by atoms with Gasteiger partial charge in [0, 0.05) is 6.00 Å². The molecule has 13 heavy (non-hydrogen) atoms. The summed E-state index contributed by atoms with van der Waals surface area (Å²) in [6.45, 7) is 1.90. The number of carbonyl (C=O) groups excluding carboxylic acids is 1. The molecule has 0 aromatic heterocycles. The predicted molar refractivity (Wildman–Crippen MR) is 46.0 cm³/mol. The van der Waals surface area contributed by atoms with Crippen molar-refractivity contribution < 1.29 is 23.7 Å². The summed E-state index contributed by atoms with van der Waals surface area (Å²) in [5.74, 6) is -0.778. The van der Waals surface area contributed by atoms with Crippen LogP contribution in [0.25, 0.3) is 0 Å². The molecule has 0 bridgehead atoms. The highest BCUT2D eigenvalue weighted by molar-refractivity contribution is 7.18. The van der Waals surface area contributed by atoms with E-state index < -0.39 is 26.9 Å². The smallest absolute Gasteiger partial charge is 0.390 e. The van der Waals surface area contributed by atoms with E-state index >= 15 is 0 Å². The van der Waals surface area contributed by atoms with Gasteiger partial charge < -0.3 is 14.4 Å². The molecule has 1 aliphatic heterocycles. The molecule has 1 rings (SSSR count). The summed E-state index contributed by atoms with van der Waals surface area (Å²) in [5.41, 5.74) is 0. The van der Waals surface area contributed by atoms with Crippen molar-refractivity contribution in [2.45, 2.75) is 31.5 Å². The zero-order valence-corrected chi connectivity index (χ0v) is 8.07. The molecule has 0 spiro atoms. The third-order valence-corrected chi connectivity index (χ3v) is 2.26. The fourth-order valence-electron chi connectivity index (χ4n) is 1.31. The Morgan fingerprint density at radius 1 is 1.77 bits per heavy atom. The van der Waals surface area contributed by atoms with Crippen molar-refractivity contribution in [2.24, 2.45) is 0 Å². The zero-order chi connectivity index (χ0) is 9.84. The van der Waals surface area contributed by atoms with Gasteiger partial charge in [-0.3, -0.25) is 0 Å². The van der Waals surface area contributed by atoms with E-state index in [1.807, 2.05) is 6.82 Å². The first-order valence-corrected chi connectivity index (χ1v) is 4.79. The Bertz CT molecular complexity index is 211. The Morgan fingerprint density at radius 3 is 2.92 bits per heavy atom. The second kappa shape index (κ2) is 4.70. The monoisotopic (exact) mass is 204 g/mol. The predicted octanol–water partition coefficient (Wildman–Crippen LogP) is -0.303. The van der Waals surface area contributed by atoms with Gasteiger partial charge >= 0.3 is 14.7 Å². The molecule has 1 saturated heterocycles. The van der Waals surface area contributed by atoms with Crippen LogP contribution in [0.3, 0.4) is 0 Å². The van der Waals surface area contributed by atoms with Crippen LogP contribution < -0.4 is 0 Å². The average molecular weight is 204 g/mol. The molecule has 0 amide bonds. The second-order valence-corrected chi connectivity index (χ2v) is 3.21. The van der Waals surface area contributed by atoms with Crippen molar-refractivity contribution in [3.63, 3.8) is 0 Å². The lowest BCUT2D eigenvalue weighted by Crippen LogP contribution is -2.30. The van der Waals surface area contributed by atoms with Gasteiger partial charge in [-0.15, -0.1) is 0 Å². The molecule has 1 aliphatic rings. The van der Waals surface area contributed by atoms with Gasteiger partial charge in [0.05, 0.1) is 6.10 Å². The number of aliphatic hydroxyl groups is 1. The van der Waals surface area contributed by atoms with E-state index in [4.69, 9.17) is 4.74 Å². The van der Waals surface area contributed by atoms with E-state index in [-0.39, 0.29) is 6.00 Å². The van der Waals surface area contributed by atoms with Crippen LogP contribution >= 0.6 is 8.69 Å². The minimum Gasteiger partial charge on any atom is -0.390 e. The summed E-state index contributed by atoms with van der Waals surface area (Å²) in [4.78, 5) is 11.0. The first-order chi connectivity index (χ1) is 6.19. The quantitative estimate of drug-likeness (QED) is 0.504. The van der Waals surface area contributed by atoms with E-state index in [2.05, 4.69) is 4.52 Å². The van der Waals surface area contributed by atoms with Crippen molar-refractivity contribution >= 4 is 21.9 Å². The Balaban J connectivity index is 2.51. The van der Waals surface area contributed by atoms with Crippen LogP contribution in [0.4, 0.5) is 0 Å². The molecule has 1 N–H and O–H groups in total. The van der Waals surface area contributed by atoms with Crippen LogP contribution in [0.5, 0.6) is 0 Å². The molecule has 72 valence electrons. The SMILES string of the molecule is CB[C@H]1CC(O)[C@@H](C(=O)OP=O)O1. The van der Waals surface area contributed by atoms with E-state index in [9.17, 15) is 14.5 Å². The van der Waals surface area contributed by atoms with Gasteiger partial charge in [0.25, 0.3) is 0 Å². The number of carbonyl (C=O) groups is 1. The first-order valence-electron chi connectivity index (χ1n) is 4.06. The molecule has 0 radical (unpaired) electrons. The van der Waals surface area contributed by atoms with Gasteiger partial charge in [-0.25, -0.2) is 9.36 Å². The van der Waals surface area contributed by atoms with Crippen molar-refractivity contribution in [1.82, 2.24) is 0 Å². The second-order valence-electron chi connectivity index (χ2n) is 2.87. The van der Waals surface area contributed by atoms with Crippen LogP contribution in [0.2, 0.25) is 6.82 Å². The fraction of sp³-hybridized carbons (Fsp3) is 0.833. The molecule has 0 aromatic rings. The third kappa shape index (κ3) is 2.50. The molecular weight excluding hydrogens is 194 g/mol. The summed E-state index contributed by atoms with van der Waals surface area (Å²) in [6, 6.07) is -0.115. The highest BCUT2D eigenvalue weighted by Gasteiger charge is 2.39. The summed E-state index contributed by atoms with van der Waals surface area (Å²) >= 11 is 0. The Hall–Kier alpha value is -0.445. The lowest BCUT2D eigenvalue weighted by atomic mass is 9.73. The zero-order valence-electron chi connectivity index (χ0n) is 7.17. The molecule has 0 saturated carbocycles. The molecule has 0 aromatic carbocycles. The third-order valence-electron chi connectivity index (χ3n) is 2.01. The van der Waals surface area contributed by atoms with Crippen LogP contribution in [-0.4, -0.2) is 36.6 Å². The maximum atomic E-state index is 11.0. The summed E-state index contributed by atoms with van der Waals surface area (Å²) in [5, 5.41) is 9.36. The van der Waals surface area contributed by atoms with Gasteiger partial charge in [-0.2, -0.15) is 0 Å². The number of rotatable bonds is 3. The van der Waals surface area contributed by atoms with Gasteiger partial charge in [-0.1, -0.05) is 6.82 Å². The Morgan fingerprint density at radius 2 is 2.46 bits per heavy atom. The maximum absolute atomic E-state index is 11.0. The maximum Gasteiger partial charge on any atom is 0.398 e. The normalized spacial score (nSPS) is 33.2. The Kier molecular flexibility index (Phi) is 3.84. The summed E-state index contributed by atoms with van der Waals surface area (Å²) < 4.78 is 19.3. The topological polar surface area (TPSA) is 72.8 Å². The molecule has 1 unspecified atom stereocenters. The number of aliphatic hydroxyl groups excluding tert-OH is 1. The van der Waals surface area contributed by atoms with Crippen LogP contribution in [0, 0.1) is 0 Å². The first kappa shape index (κ1) is 10.6. The number of ether oxygens (including phenoxy) is 1.